The van der Waals surface area contributed by atoms with E-state index in [0.29, 0.717) is 0 Å². The summed E-state index contributed by atoms with van der Waals surface area (Å²) in [5, 5.41) is 2.62. The second-order valence-electron chi connectivity index (χ2n) is 11.2. The first kappa shape index (κ1) is 40.3. The molecule has 2 aliphatic heterocycles. The number of nitrogens with one attached hydrogen (secondary N) is 1. The summed E-state index contributed by atoms with van der Waals surface area (Å²) in [6.07, 6.45) is -15.7. The van der Waals surface area contributed by atoms with Crippen molar-refractivity contribution >= 4 is 47.7 Å². The molecule has 1 aromatic carbocycles. The van der Waals surface area contributed by atoms with E-state index in [1.54, 1.807) is 18.2 Å². The second-order valence-corrected chi connectivity index (χ2v) is 11.2. The van der Waals surface area contributed by atoms with Crippen LogP contribution >= 0.6 is 0 Å². The van der Waals surface area contributed by atoms with E-state index in [4.69, 9.17) is 47.4 Å². The van der Waals surface area contributed by atoms with Crippen LogP contribution in [-0.2, 0) is 80.9 Å². The molecule has 19 heteroatoms. The SMILES string of the molecule is COC(=O)[C@H]1O[C@@H](O[C@H]2[C@@H](OC(C)=O)[C@@H](COC(C)=O)OC(OC(C)=O)[C@@H]2NC(=O)c2ccccc2)[C@H](OC(C)=O)[C@@H](OC(C)=O)[C@@H]1OC(C)=O. The molecule has 0 radical (unpaired) electrons. The third-order valence-electron chi connectivity index (χ3n) is 7.14. The van der Waals surface area contributed by atoms with Gasteiger partial charge in [-0.2, -0.15) is 0 Å². The van der Waals surface area contributed by atoms with Gasteiger partial charge in [0.2, 0.25) is 6.29 Å². The average molecular weight is 726 g/mol. The molecule has 2 fully saturated rings. The highest BCUT2D eigenvalue weighted by Gasteiger charge is 2.59. The fourth-order valence-electron chi connectivity index (χ4n) is 5.32. The molecule has 0 spiro atoms. The van der Waals surface area contributed by atoms with Gasteiger partial charge in [-0.05, 0) is 12.1 Å². The number of methoxy groups -OCH3 is 1. The first-order valence-corrected chi connectivity index (χ1v) is 15.4. The van der Waals surface area contributed by atoms with Crippen LogP contribution in [0.1, 0.15) is 51.9 Å². The van der Waals surface area contributed by atoms with Gasteiger partial charge in [-0.15, -0.1) is 0 Å². The highest BCUT2D eigenvalue weighted by Crippen LogP contribution is 2.35. The fraction of sp³-hybridized carbons (Fsp3) is 0.562. The van der Waals surface area contributed by atoms with Gasteiger partial charge in [0.25, 0.3) is 5.91 Å². The van der Waals surface area contributed by atoms with Crippen LogP contribution in [0, 0.1) is 0 Å². The summed E-state index contributed by atoms with van der Waals surface area (Å²) < 4.78 is 55.1. The lowest BCUT2D eigenvalue weighted by Gasteiger charge is -2.48. The molecule has 0 bridgehead atoms. The molecule has 1 aromatic rings. The van der Waals surface area contributed by atoms with Gasteiger partial charge in [0.1, 0.15) is 24.9 Å². The van der Waals surface area contributed by atoms with Crippen molar-refractivity contribution in [3.05, 3.63) is 35.9 Å². The van der Waals surface area contributed by atoms with Crippen LogP contribution < -0.4 is 5.32 Å². The van der Waals surface area contributed by atoms with Crippen molar-refractivity contribution in [2.75, 3.05) is 13.7 Å². The van der Waals surface area contributed by atoms with Crippen LogP contribution in [0.25, 0.3) is 0 Å². The summed E-state index contributed by atoms with van der Waals surface area (Å²) in [5.74, 6) is -7.36. The van der Waals surface area contributed by atoms with Crippen LogP contribution in [0.5, 0.6) is 0 Å². The van der Waals surface area contributed by atoms with Crippen LogP contribution in [0.15, 0.2) is 30.3 Å². The van der Waals surface area contributed by atoms with E-state index in [1.165, 1.54) is 12.1 Å². The molecule has 2 saturated heterocycles. The van der Waals surface area contributed by atoms with E-state index in [2.05, 4.69) is 5.32 Å². The minimum absolute atomic E-state index is 0.125. The lowest BCUT2D eigenvalue weighted by atomic mass is 9.94. The molecular weight excluding hydrogens is 686 g/mol. The lowest BCUT2D eigenvalue weighted by Crippen LogP contribution is -2.70. The van der Waals surface area contributed by atoms with Gasteiger partial charge < -0.3 is 52.7 Å². The van der Waals surface area contributed by atoms with Gasteiger partial charge >= 0.3 is 41.8 Å². The number of rotatable bonds is 12. The number of hydrogen-bond acceptors (Lipinski definition) is 18. The number of ether oxygens (including phenoxy) is 10. The Balaban J connectivity index is 2.24. The first-order valence-electron chi connectivity index (χ1n) is 15.4. The summed E-state index contributed by atoms with van der Waals surface area (Å²) in [6, 6.07) is 6.13. The van der Waals surface area contributed by atoms with Crippen molar-refractivity contribution in [2.45, 2.75) is 103 Å². The van der Waals surface area contributed by atoms with Crippen LogP contribution in [0.4, 0.5) is 0 Å². The standard InChI is InChI=1S/C32H39NO18/c1-14(34)43-13-21-23(44-15(2)35)24(22(31(49-21)48-19(6)39)33-29(40)20-11-9-8-10-12-20)50-32-28(47-18(5)38)26(46-17(4)37)25(45-16(3)36)27(51-32)30(41)42-7/h8-12,21-28,31-32H,13H2,1-7H3,(H,33,40)/t21-,22-,23+,24-,25+,26+,27+,28-,31?,32-/m1/s1. The van der Waals surface area contributed by atoms with Gasteiger partial charge in [-0.1, -0.05) is 18.2 Å². The van der Waals surface area contributed by atoms with E-state index >= 15 is 0 Å². The Morgan fingerprint density at radius 1 is 0.608 bits per heavy atom. The molecule has 0 saturated carbocycles. The normalized spacial score (nSPS) is 28.5. The highest BCUT2D eigenvalue weighted by atomic mass is 16.8. The second kappa shape index (κ2) is 18.2. The number of carbonyl (C=O) groups excluding carboxylic acids is 8. The van der Waals surface area contributed by atoms with Crippen molar-refractivity contribution in [1.82, 2.24) is 5.32 Å². The van der Waals surface area contributed by atoms with Gasteiger partial charge in [0.15, 0.2) is 36.8 Å². The Morgan fingerprint density at radius 3 is 1.67 bits per heavy atom. The summed E-state index contributed by atoms with van der Waals surface area (Å²) in [5.41, 5.74) is 0.125. The summed E-state index contributed by atoms with van der Waals surface area (Å²) >= 11 is 0. The van der Waals surface area contributed by atoms with Gasteiger partial charge in [0.05, 0.1) is 7.11 Å². The van der Waals surface area contributed by atoms with E-state index in [0.717, 1.165) is 48.7 Å². The summed E-state index contributed by atoms with van der Waals surface area (Å²) in [7, 11) is 0.985. The molecule has 1 N–H and O–H groups in total. The molecule has 2 heterocycles. The molecule has 280 valence electrons. The van der Waals surface area contributed by atoms with Crippen molar-refractivity contribution < 1.29 is 85.7 Å². The Kier molecular flexibility index (Phi) is 14.4. The Morgan fingerprint density at radius 2 is 1.14 bits per heavy atom. The van der Waals surface area contributed by atoms with Gasteiger partial charge in [-0.25, -0.2) is 4.79 Å². The molecule has 51 heavy (non-hydrogen) atoms. The molecule has 3 rings (SSSR count). The minimum atomic E-state index is -1.97. The zero-order valence-corrected chi connectivity index (χ0v) is 28.7. The largest absolute Gasteiger partial charge is 0.467 e. The molecule has 10 atom stereocenters. The number of carbonyl (C=O) groups is 8. The fourth-order valence-corrected chi connectivity index (χ4v) is 5.32. The third-order valence-corrected chi connectivity index (χ3v) is 7.14. The number of hydrogen-bond donors (Lipinski definition) is 1. The van der Waals surface area contributed by atoms with E-state index in [-0.39, 0.29) is 5.56 Å². The summed E-state index contributed by atoms with van der Waals surface area (Å²) in [4.78, 5) is 99.9. The molecule has 0 aromatic heterocycles. The molecule has 2 aliphatic rings. The quantitative estimate of drug-likeness (QED) is 0.214. The Labute approximate surface area is 291 Å². The van der Waals surface area contributed by atoms with E-state index < -0.39 is 116 Å². The smallest absolute Gasteiger partial charge is 0.339 e. The highest BCUT2D eigenvalue weighted by molar-refractivity contribution is 5.94. The first-order chi connectivity index (χ1) is 24.0. The molecule has 1 unspecified atom stereocenters. The van der Waals surface area contributed by atoms with Crippen LogP contribution in [-0.4, -0.2) is 123 Å². The molecule has 0 aliphatic carbocycles. The maximum atomic E-state index is 13.5. The van der Waals surface area contributed by atoms with E-state index in [9.17, 15) is 38.4 Å². The molecule has 1 amide bonds. The minimum Gasteiger partial charge on any atom is -0.467 e. The zero-order chi connectivity index (χ0) is 38.0. The monoisotopic (exact) mass is 725 g/mol. The zero-order valence-electron chi connectivity index (χ0n) is 28.7. The third kappa shape index (κ3) is 11.2. The predicted molar refractivity (Wildman–Crippen MR) is 163 cm³/mol. The summed E-state index contributed by atoms with van der Waals surface area (Å²) in [6.45, 7) is 5.52. The van der Waals surface area contributed by atoms with Crippen LogP contribution in [0.3, 0.4) is 0 Å². The molecular formula is C32H39NO18. The lowest BCUT2D eigenvalue weighted by molar-refractivity contribution is -0.339. The van der Waals surface area contributed by atoms with Gasteiger partial charge in [-0.3, -0.25) is 33.6 Å². The predicted octanol–water partition coefficient (Wildman–Crippen LogP) is -0.354. The number of benzene rings is 1. The Hall–Kier alpha value is -5.14. The van der Waals surface area contributed by atoms with E-state index in [1.807, 2.05) is 0 Å². The van der Waals surface area contributed by atoms with Crippen molar-refractivity contribution in [1.29, 1.82) is 0 Å². The van der Waals surface area contributed by atoms with Crippen molar-refractivity contribution in [3.8, 4) is 0 Å². The van der Waals surface area contributed by atoms with Crippen molar-refractivity contribution in [2.24, 2.45) is 0 Å². The molecule has 19 nitrogen and oxygen atoms in total. The number of amides is 1. The van der Waals surface area contributed by atoms with Crippen molar-refractivity contribution in [3.63, 3.8) is 0 Å². The maximum absolute atomic E-state index is 13.5. The topological polar surface area (TPSA) is 241 Å². The Bertz CT molecular complexity index is 1460. The number of esters is 7. The van der Waals surface area contributed by atoms with Crippen LogP contribution in [0.2, 0.25) is 0 Å². The van der Waals surface area contributed by atoms with Gasteiger partial charge in [0, 0.05) is 47.1 Å². The maximum Gasteiger partial charge on any atom is 0.339 e. The average Bonchev–Trinajstić information content (AvgIpc) is 3.04.